The van der Waals surface area contributed by atoms with Gasteiger partial charge in [0, 0.05) is 0 Å². The summed E-state index contributed by atoms with van der Waals surface area (Å²) in [7, 11) is 0. The first-order valence-corrected chi connectivity index (χ1v) is 5.55. The van der Waals surface area contributed by atoms with Crippen LogP contribution in [0, 0.1) is 0 Å². The van der Waals surface area contributed by atoms with Crippen molar-refractivity contribution in [2.24, 2.45) is 0 Å². The maximum atomic E-state index is 11.3. The number of rotatable bonds is 5. The largest absolute Gasteiger partial charge is 0.491 e. The average Bonchev–Trinajstić information content (AvgIpc) is 2.43. The van der Waals surface area contributed by atoms with Crippen molar-refractivity contribution in [1.82, 2.24) is 9.97 Å². The Bertz CT molecular complexity index is 600. The number of hydrogen-bond donors (Lipinski definition) is 3. The molecule has 4 N–H and O–H groups in total. The fraction of sp³-hybridized carbons (Fsp3) is 0.167. The van der Waals surface area contributed by atoms with Gasteiger partial charge < -0.3 is 25.3 Å². The first-order chi connectivity index (χ1) is 9.20. The molecule has 0 saturated heterocycles. The van der Waals surface area contributed by atoms with Gasteiger partial charge in [0.25, 0.3) is 5.56 Å². The minimum atomic E-state index is -0.451. The molecule has 0 fully saturated rings. The van der Waals surface area contributed by atoms with Crippen LogP contribution >= 0.6 is 12.4 Å². The van der Waals surface area contributed by atoms with E-state index in [1.165, 1.54) is 6.33 Å². The number of nitrogens with two attached hydrogens (primary N) is 1. The lowest BCUT2D eigenvalue weighted by molar-refractivity contribution is 0.201. The summed E-state index contributed by atoms with van der Waals surface area (Å²) in [6.45, 7) is 0.175. The second-order valence-corrected chi connectivity index (χ2v) is 3.60. The number of ether oxygens (including phenoxy) is 2. The van der Waals surface area contributed by atoms with Crippen LogP contribution in [0.4, 0.5) is 5.69 Å². The molecule has 2 rings (SSSR count). The van der Waals surface area contributed by atoms with Gasteiger partial charge in [0.15, 0.2) is 5.69 Å². The molecule has 8 heteroatoms. The van der Waals surface area contributed by atoms with E-state index in [9.17, 15) is 4.79 Å². The molecule has 7 nitrogen and oxygen atoms in total. The average molecular weight is 300 g/mol. The smallest absolute Gasteiger partial charge is 0.277 e. The molecule has 1 aromatic carbocycles. The number of anilines is 1. The standard InChI is InChI=1S/C12H13N3O4.ClH/c13-10-11(17)14-7-15-12(10)19-9-3-1-8(2-4-9)18-6-5-16;/h1-4,7,16H,5-6,13H2,(H,14,15,17);1H. The Labute approximate surface area is 120 Å². The Balaban J connectivity index is 0.00000200. The maximum Gasteiger partial charge on any atom is 0.277 e. The number of aromatic amines is 1. The summed E-state index contributed by atoms with van der Waals surface area (Å²) in [6.07, 6.45) is 1.22. The molecule has 0 unspecified atom stereocenters. The predicted molar refractivity (Wildman–Crippen MR) is 75.6 cm³/mol. The SMILES string of the molecule is Cl.Nc1c(Oc2ccc(OCCO)cc2)nc[nH]c1=O. The number of halogens is 1. The van der Waals surface area contributed by atoms with Crippen molar-refractivity contribution >= 4 is 18.1 Å². The molecule has 0 saturated carbocycles. The molecular weight excluding hydrogens is 286 g/mol. The summed E-state index contributed by atoms with van der Waals surface area (Å²) in [4.78, 5) is 17.4. The van der Waals surface area contributed by atoms with Gasteiger partial charge in [-0.05, 0) is 24.3 Å². The van der Waals surface area contributed by atoms with Crippen molar-refractivity contribution in [3.05, 3.63) is 40.9 Å². The fourth-order valence-electron chi connectivity index (χ4n) is 1.35. The highest BCUT2D eigenvalue weighted by Gasteiger charge is 2.07. The number of hydrogen-bond acceptors (Lipinski definition) is 6. The van der Waals surface area contributed by atoms with Gasteiger partial charge in [-0.15, -0.1) is 12.4 Å². The van der Waals surface area contributed by atoms with Crippen LogP contribution in [0.5, 0.6) is 17.4 Å². The third kappa shape index (κ3) is 3.87. The number of aliphatic hydroxyl groups excluding tert-OH is 1. The van der Waals surface area contributed by atoms with Crippen molar-refractivity contribution < 1.29 is 14.6 Å². The van der Waals surface area contributed by atoms with Crippen molar-refractivity contribution in [2.75, 3.05) is 18.9 Å². The van der Waals surface area contributed by atoms with Gasteiger partial charge in [-0.3, -0.25) is 4.79 Å². The summed E-state index contributed by atoms with van der Waals surface area (Å²) in [5.41, 5.74) is 5.01. The van der Waals surface area contributed by atoms with Gasteiger partial charge in [-0.2, -0.15) is 0 Å². The molecule has 1 aromatic heterocycles. The van der Waals surface area contributed by atoms with Gasteiger partial charge in [-0.25, -0.2) is 4.98 Å². The molecule has 0 bridgehead atoms. The molecule has 0 aliphatic heterocycles. The van der Waals surface area contributed by atoms with E-state index in [1.54, 1.807) is 24.3 Å². The summed E-state index contributed by atoms with van der Waals surface area (Å²) in [5.74, 6) is 1.13. The van der Waals surface area contributed by atoms with E-state index < -0.39 is 5.56 Å². The van der Waals surface area contributed by atoms with E-state index in [0.717, 1.165) is 0 Å². The Morgan fingerprint density at radius 1 is 1.25 bits per heavy atom. The van der Waals surface area contributed by atoms with Gasteiger partial charge in [0.05, 0.1) is 12.9 Å². The summed E-state index contributed by atoms with van der Waals surface area (Å²) in [6, 6.07) is 6.65. The number of nitrogens with one attached hydrogen (secondary N) is 1. The van der Waals surface area contributed by atoms with E-state index in [0.29, 0.717) is 11.5 Å². The van der Waals surface area contributed by atoms with Gasteiger partial charge in [-0.1, -0.05) is 0 Å². The molecule has 0 aliphatic carbocycles. The zero-order valence-electron chi connectivity index (χ0n) is 10.4. The number of nitrogens with zero attached hydrogens (tertiary/aromatic N) is 1. The Morgan fingerprint density at radius 3 is 2.55 bits per heavy atom. The topological polar surface area (TPSA) is 110 Å². The van der Waals surface area contributed by atoms with Crippen molar-refractivity contribution in [3.63, 3.8) is 0 Å². The zero-order valence-corrected chi connectivity index (χ0v) is 11.2. The molecule has 0 spiro atoms. The Morgan fingerprint density at radius 2 is 1.90 bits per heavy atom. The van der Waals surface area contributed by atoms with Crippen LogP contribution in [-0.4, -0.2) is 28.3 Å². The number of aliphatic hydroxyl groups is 1. The highest BCUT2D eigenvalue weighted by atomic mass is 35.5. The maximum absolute atomic E-state index is 11.3. The monoisotopic (exact) mass is 299 g/mol. The summed E-state index contributed by atoms with van der Waals surface area (Å²) >= 11 is 0. The summed E-state index contributed by atoms with van der Waals surface area (Å²) in [5, 5.41) is 8.63. The van der Waals surface area contributed by atoms with Gasteiger partial charge in [0.2, 0.25) is 5.88 Å². The van der Waals surface area contributed by atoms with Gasteiger partial charge in [0.1, 0.15) is 18.1 Å². The van der Waals surface area contributed by atoms with Crippen LogP contribution in [0.1, 0.15) is 0 Å². The van der Waals surface area contributed by atoms with Crippen molar-refractivity contribution in [2.45, 2.75) is 0 Å². The first kappa shape index (κ1) is 15.8. The number of H-pyrrole nitrogens is 1. The van der Waals surface area contributed by atoms with Crippen LogP contribution in [-0.2, 0) is 0 Å². The molecule has 0 atom stereocenters. The van der Waals surface area contributed by atoms with Crippen LogP contribution in [0.25, 0.3) is 0 Å². The highest BCUT2D eigenvalue weighted by Crippen LogP contribution is 2.24. The van der Waals surface area contributed by atoms with Crippen LogP contribution in [0.2, 0.25) is 0 Å². The molecule has 0 amide bonds. The quantitative estimate of drug-likeness (QED) is 0.757. The normalized spacial score (nSPS) is 9.65. The highest BCUT2D eigenvalue weighted by molar-refractivity contribution is 5.85. The molecule has 0 radical (unpaired) electrons. The van der Waals surface area contributed by atoms with Crippen molar-refractivity contribution in [3.8, 4) is 17.4 Å². The van der Waals surface area contributed by atoms with Crippen LogP contribution in [0.3, 0.4) is 0 Å². The lowest BCUT2D eigenvalue weighted by atomic mass is 10.3. The molecular formula is C12H14ClN3O4. The van der Waals surface area contributed by atoms with E-state index in [1.807, 2.05) is 0 Å². The van der Waals surface area contributed by atoms with Crippen molar-refractivity contribution in [1.29, 1.82) is 0 Å². The molecule has 108 valence electrons. The third-order valence-corrected chi connectivity index (χ3v) is 2.25. The summed E-state index contributed by atoms with van der Waals surface area (Å²) < 4.78 is 10.6. The van der Waals surface area contributed by atoms with Crippen LogP contribution < -0.4 is 20.8 Å². The molecule has 0 aliphatic rings. The number of benzene rings is 1. The second-order valence-electron chi connectivity index (χ2n) is 3.60. The minimum absolute atomic E-state index is 0. The van der Waals surface area contributed by atoms with E-state index >= 15 is 0 Å². The Kier molecular flexibility index (Phi) is 5.82. The second kappa shape index (κ2) is 7.37. The third-order valence-electron chi connectivity index (χ3n) is 2.25. The molecule has 2 aromatic rings. The molecule has 20 heavy (non-hydrogen) atoms. The fourth-order valence-corrected chi connectivity index (χ4v) is 1.35. The lowest BCUT2D eigenvalue weighted by Gasteiger charge is -2.07. The predicted octanol–water partition coefficient (Wildman–Crippen LogP) is 0.937. The van der Waals surface area contributed by atoms with E-state index in [-0.39, 0.29) is 37.2 Å². The number of aromatic nitrogens is 2. The first-order valence-electron chi connectivity index (χ1n) is 5.55. The van der Waals surface area contributed by atoms with E-state index in [2.05, 4.69) is 9.97 Å². The van der Waals surface area contributed by atoms with E-state index in [4.69, 9.17) is 20.3 Å². The minimum Gasteiger partial charge on any atom is -0.491 e. The van der Waals surface area contributed by atoms with Gasteiger partial charge >= 0.3 is 0 Å². The molecule has 1 heterocycles. The lowest BCUT2D eigenvalue weighted by Crippen LogP contribution is -2.13. The number of nitrogen functional groups attached to an aromatic ring is 1. The van der Waals surface area contributed by atoms with Crippen LogP contribution in [0.15, 0.2) is 35.4 Å². The Hall–Kier alpha value is -2.25. The zero-order chi connectivity index (χ0) is 13.7.